The fourth-order valence-corrected chi connectivity index (χ4v) is 3.88. The van der Waals surface area contributed by atoms with Gasteiger partial charge in [0, 0.05) is 11.6 Å². The summed E-state index contributed by atoms with van der Waals surface area (Å²) in [7, 11) is -3.70. The lowest BCUT2D eigenvalue weighted by Crippen LogP contribution is -2.50. The molecule has 3 N–H and O–H groups in total. The largest absolute Gasteiger partial charge is 0.398 e. The lowest BCUT2D eigenvalue weighted by molar-refractivity contribution is 0.0957. The summed E-state index contributed by atoms with van der Waals surface area (Å²) in [5, 5.41) is 0.403. The highest BCUT2D eigenvalue weighted by Crippen LogP contribution is 2.29. The van der Waals surface area contributed by atoms with E-state index >= 15 is 0 Å². The first-order valence-corrected chi connectivity index (χ1v) is 7.81. The standard InChI is InChI=1S/C12H17ClN2O3S/c1-8-12(2,5-6-18-8)15-19(16,17)11-4-3-9(13)7-10(11)14/h3-4,7-8,15H,5-6,14H2,1-2H3. The maximum Gasteiger partial charge on any atom is 0.243 e. The molecule has 7 heteroatoms. The zero-order chi connectivity index (χ0) is 14.3. The van der Waals surface area contributed by atoms with Crippen LogP contribution in [0.2, 0.25) is 5.02 Å². The van der Waals surface area contributed by atoms with Crippen molar-refractivity contribution in [2.24, 2.45) is 0 Å². The SMILES string of the molecule is CC1OCCC1(C)NS(=O)(=O)c1ccc(Cl)cc1N. The Hall–Kier alpha value is -0.820. The number of ether oxygens (including phenoxy) is 1. The van der Waals surface area contributed by atoms with E-state index in [9.17, 15) is 8.42 Å². The van der Waals surface area contributed by atoms with E-state index in [1.165, 1.54) is 18.2 Å². The summed E-state index contributed by atoms with van der Waals surface area (Å²) in [5.41, 5.74) is 5.24. The minimum absolute atomic E-state index is 0.0391. The Morgan fingerprint density at radius 1 is 1.53 bits per heavy atom. The van der Waals surface area contributed by atoms with Crippen LogP contribution in [0.5, 0.6) is 0 Å². The van der Waals surface area contributed by atoms with Gasteiger partial charge < -0.3 is 10.5 Å². The number of nitrogen functional groups attached to an aromatic ring is 1. The number of nitrogens with one attached hydrogen (secondary N) is 1. The van der Waals surface area contributed by atoms with Crippen molar-refractivity contribution in [3.05, 3.63) is 23.2 Å². The molecule has 1 saturated heterocycles. The number of halogens is 1. The van der Waals surface area contributed by atoms with Gasteiger partial charge in [-0.1, -0.05) is 11.6 Å². The maximum absolute atomic E-state index is 12.4. The van der Waals surface area contributed by atoms with Gasteiger partial charge in [0.05, 0.1) is 17.3 Å². The first-order chi connectivity index (χ1) is 8.74. The molecule has 5 nitrogen and oxygen atoms in total. The van der Waals surface area contributed by atoms with Crippen LogP contribution in [-0.2, 0) is 14.8 Å². The highest BCUT2D eigenvalue weighted by molar-refractivity contribution is 7.89. The predicted molar refractivity (Wildman–Crippen MR) is 74.6 cm³/mol. The van der Waals surface area contributed by atoms with Crippen LogP contribution in [0.25, 0.3) is 0 Å². The third kappa shape index (κ3) is 2.86. The Morgan fingerprint density at radius 3 is 2.74 bits per heavy atom. The fraction of sp³-hybridized carbons (Fsp3) is 0.500. The van der Waals surface area contributed by atoms with E-state index in [-0.39, 0.29) is 16.7 Å². The van der Waals surface area contributed by atoms with E-state index in [0.717, 1.165) is 0 Å². The second-order valence-electron chi connectivity index (χ2n) is 4.97. The van der Waals surface area contributed by atoms with E-state index in [1.807, 2.05) is 13.8 Å². The van der Waals surface area contributed by atoms with Gasteiger partial charge in [-0.15, -0.1) is 0 Å². The zero-order valence-electron chi connectivity index (χ0n) is 10.8. The van der Waals surface area contributed by atoms with Crippen LogP contribution in [0, 0.1) is 0 Å². The third-order valence-electron chi connectivity index (χ3n) is 3.52. The van der Waals surface area contributed by atoms with Crippen LogP contribution in [0.15, 0.2) is 23.1 Å². The molecule has 0 saturated carbocycles. The van der Waals surface area contributed by atoms with Crippen LogP contribution in [0.1, 0.15) is 20.3 Å². The molecule has 1 aromatic carbocycles. The minimum atomic E-state index is -3.70. The molecule has 2 atom stereocenters. The van der Waals surface area contributed by atoms with Gasteiger partial charge in [-0.2, -0.15) is 0 Å². The van der Waals surface area contributed by atoms with Crippen molar-refractivity contribution in [1.29, 1.82) is 0 Å². The fourth-order valence-electron chi connectivity index (χ4n) is 2.09. The molecule has 0 spiro atoms. The summed E-state index contributed by atoms with van der Waals surface area (Å²) in [5.74, 6) is 0. The van der Waals surface area contributed by atoms with E-state index < -0.39 is 15.6 Å². The minimum Gasteiger partial charge on any atom is -0.398 e. The molecular formula is C12H17ClN2O3S. The number of rotatable bonds is 3. The molecule has 106 valence electrons. The summed E-state index contributed by atoms with van der Waals surface area (Å²) in [4.78, 5) is 0.0391. The molecular weight excluding hydrogens is 288 g/mol. The molecule has 1 aliphatic rings. The van der Waals surface area contributed by atoms with E-state index in [1.54, 1.807) is 0 Å². The first kappa shape index (κ1) is 14.6. The molecule has 0 amide bonds. The molecule has 2 rings (SSSR count). The van der Waals surface area contributed by atoms with Crippen LogP contribution in [0.3, 0.4) is 0 Å². The summed E-state index contributed by atoms with van der Waals surface area (Å²) < 4.78 is 32.9. The Bertz CT molecular complexity index is 591. The molecule has 0 radical (unpaired) electrons. The average molecular weight is 305 g/mol. The number of anilines is 1. The van der Waals surface area contributed by atoms with Crippen LogP contribution < -0.4 is 10.5 Å². The van der Waals surface area contributed by atoms with Gasteiger partial charge in [0.1, 0.15) is 4.90 Å². The Kier molecular flexibility index (Phi) is 3.79. The lowest BCUT2D eigenvalue weighted by atomic mass is 9.97. The second-order valence-corrected chi connectivity index (χ2v) is 7.06. The van der Waals surface area contributed by atoms with Crippen LogP contribution >= 0.6 is 11.6 Å². The molecule has 1 heterocycles. The predicted octanol–water partition coefficient (Wildman–Crippen LogP) is 1.77. The van der Waals surface area contributed by atoms with Crippen molar-refractivity contribution in [1.82, 2.24) is 4.72 Å². The summed E-state index contributed by atoms with van der Waals surface area (Å²) >= 11 is 5.77. The molecule has 2 unspecified atom stereocenters. The van der Waals surface area contributed by atoms with E-state index in [4.69, 9.17) is 22.1 Å². The second kappa shape index (κ2) is 4.94. The molecule has 19 heavy (non-hydrogen) atoms. The summed E-state index contributed by atoms with van der Waals surface area (Å²) in [6, 6.07) is 4.33. The first-order valence-electron chi connectivity index (χ1n) is 5.95. The molecule has 1 fully saturated rings. The van der Waals surface area contributed by atoms with Gasteiger partial charge in [-0.25, -0.2) is 13.1 Å². The average Bonchev–Trinajstić information content (AvgIpc) is 2.57. The zero-order valence-corrected chi connectivity index (χ0v) is 12.4. The lowest BCUT2D eigenvalue weighted by Gasteiger charge is -2.28. The van der Waals surface area contributed by atoms with Gasteiger partial charge in [-0.05, 0) is 38.5 Å². The molecule has 1 aromatic rings. The third-order valence-corrected chi connectivity index (χ3v) is 5.44. The molecule has 0 aromatic heterocycles. The number of benzene rings is 1. The van der Waals surface area contributed by atoms with Gasteiger partial charge in [0.25, 0.3) is 0 Å². The Morgan fingerprint density at radius 2 is 2.21 bits per heavy atom. The van der Waals surface area contributed by atoms with E-state index in [0.29, 0.717) is 18.1 Å². The Labute approximate surface area is 118 Å². The number of hydrogen-bond acceptors (Lipinski definition) is 4. The van der Waals surface area contributed by atoms with Crippen molar-refractivity contribution < 1.29 is 13.2 Å². The van der Waals surface area contributed by atoms with Crippen molar-refractivity contribution in [2.75, 3.05) is 12.3 Å². The van der Waals surface area contributed by atoms with E-state index in [2.05, 4.69) is 4.72 Å². The number of nitrogens with two attached hydrogens (primary N) is 1. The summed E-state index contributed by atoms with van der Waals surface area (Å²) in [6.07, 6.45) is 0.441. The molecule has 0 bridgehead atoms. The quantitative estimate of drug-likeness (QED) is 0.834. The highest BCUT2D eigenvalue weighted by atomic mass is 35.5. The van der Waals surface area contributed by atoms with Crippen molar-refractivity contribution in [3.8, 4) is 0 Å². The normalized spacial score (nSPS) is 27.6. The number of sulfonamides is 1. The maximum atomic E-state index is 12.4. The van der Waals surface area contributed by atoms with Crippen LogP contribution in [-0.4, -0.2) is 26.7 Å². The molecule has 1 aliphatic heterocycles. The van der Waals surface area contributed by atoms with Gasteiger partial charge in [0.15, 0.2) is 0 Å². The van der Waals surface area contributed by atoms with Gasteiger partial charge in [0.2, 0.25) is 10.0 Å². The molecule has 0 aliphatic carbocycles. The monoisotopic (exact) mass is 304 g/mol. The smallest absolute Gasteiger partial charge is 0.243 e. The number of hydrogen-bond donors (Lipinski definition) is 2. The highest BCUT2D eigenvalue weighted by Gasteiger charge is 2.40. The Balaban J connectivity index is 2.33. The topological polar surface area (TPSA) is 81.4 Å². The van der Waals surface area contributed by atoms with Crippen LogP contribution in [0.4, 0.5) is 5.69 Å². The summed E-state index contributed by atoms with van der Waals surface area (Å²) in [6.45, 7) is 4.21. The van der Waals surface area contributed by atoms with Gasteiger partial charge >= 0.3 is 0 Å². The van der Waals surface area contributed by atoms with Gasteiger partial charge in [-0.3, -0.25) is 0 Å². The van der Waals surface area contributed by atoms with Crippen molar-refractivity contribution in [3.63, 3.8) is 0 Å². The van der Waals surface area contributed by atoms with Crippen molar-refractivity contribution in [2.45, 2.75) is 36.8 Å². The van der Waals surface area contributed by atoms with Crippen molar-refractivity contribution >= 4 is 27.3 Å².